The Morgan fingerprint density at radius 3 is 2.84 bits per heavy atom. The van der Waals surface area contributed by atoms with Crippen molar-refractivity contribution in [1.29, 1.82) is 0 Å². The summed E-state index contributed by atoms with van der Waals surface area (Å²) < 4.78 is 11.2. The number of aromatic carboxylic acids is 1. The number of halogens is 1. The molecular weight excluding hydrogens is 314 g/mol. The predicted octanol–water partition coefficient (Wildman–Crippen LogP) is 3.26. The lowest BCUT2D eigenvalue weighted by molar-refractivity contribution is 0.0656. The molecule has 0 amide bonds. The molecule has 0 saturated heterocycles. The molecule has 5 nitrogen and oxygen atoms in total. The Kier molecular flexibility index (Phi) is 4.01. The average molecular weight is 326 g/mol. The van der Waals surface area contributed by atoms with Gasteiger partial charge in [-0.2, -0.15) is 0 Å². The highest BCUT2D eigenvalue weighted by atomic mass is 79.9. The van der Waals surface area contributed by atoms with Crippen LogP contribution in [-0.4, -0.2) is 23.2 Å². The number of methoxy groups -OCH3 is 1. The number of aromatic nitrogens is 1. The topological polar surface area (TPSA) is 72.6 Å². The Hall–Kier alpha value is -1.66. The van der Waals surface area contributed by atoms with Gasteiger partial charge in [0.2, 0.25) is 11.7 Å². The molecule has 2 aromatic rings. The number of ether oxygens (including phenoxy) is 1. The minimum absolute atomic E-state index is 0.0979. The molecule has 0 bridgehead atoms. The second kappa shape index (κ2) is 5.54. The molecule has 0 aliphatic carbocycles. The Bertz CT molecular complexity index is 621. The van der Waals surface area contributed by atoms with E-state index in [9.17, 15) is 4.79 Å². The van der Waals surface area contributed by atoms with Crippen molar-refractivity contribution < 1.29 is 19.1 Å². The Morgan fingerprint density at radius 1 is 1.53 bits per heavy atom. The van der Waals surface area contributed by atoms with Gasteiger partial charge < -0.3 is 14.3 Å². The molecule has 1 N–H and O–H groups in total. The fourth-order valence-corrected chi connectivity index (χ4v) is 2.21. The number of carboxylic acids is 1. The first kappa shape index (κ1) is 13.8. The summed E-state index contributed by atoms with van der Waals surface area (Å²) in [7, 11) is 1.48. The van der Waals surface area contributed by atoms with E-state index in [-0.39, 0.29) is 24.0 Å². The van der Waals surface area contributed by atoms with Gasteiger partial charge in [0.1, 0.15) is 5.69 Å². The zero-order valence-corrected chi connectivity index (χ0v) is 12.0. The number of carboxylic acid groups (broad SMARTS) is 1. The van der Waals surface area contributed by atoms with Gasteiger partial charge in [0.25, 0.3) is 0 Å². The highest BCUT2D eigenvalue weighted by Gasteiger charge is 2.20. The van der Waals surface area contributed by atoms with Gasteiger partial charge in [-0.1, -0.05) is 15.9 Å². The zero-order valence-electron chi connectivity index (χ0n) is 10.4. The van der Waals surface area contributed by atoms with Crippen LogP contribution in [-0.2, 0) is 11.3 Å². The first-order valence-corrected chi connectivity index (χ1v) is 6.30. The predicted molar refractivity (Wildman–Crippen MR) is 72.0 cm³/mol. The maximum atomic E-state index is 11.1. The van der Waals surface area contributed by atoms with Gasteiger partial charge in [-0.05, 0) is 30.7 Å². The molecule has 1 heterocycles. The van der Waals surface area contributed by atoms with Crippen LogP contribution in [0.5, 0.6) is 0 Å². The summed E-state index contributed by atoms with van der Waals surface area (Å²) in [4.78, 5) is 15.3. The van der Waals surface area contributed by atoms with Crippen LogP contribution in [0.1, 0.15) is 21.8 Å². The van der Waals surface area contributed by atoms with E-state index < -0.39 is 5.97 Å². The molecule has 2 rings (SSSR count). The fourth-order valence-electron chi connectivity index (χ4n) is 1.74. The van der Waals surface area contributed by atoms with E-state index in [4.69, 9.17) is 14.3 Å². The number of hydrogen-bond donors (Lipinski definition) is 1. The van der Waals surface area contributed by atoms with Crippen LogP contribution in [0.25, 0.3) is 11.5 Å². The van der Waals surface area contributed by atoms with Crippen molar-refractivity contribution in [3.8, 4) is 11.5 Å². The minimum atomic E-state index is -1.15. The monoisotopic (exact) mass is 325 g/mol. The van der Waals surface area contributed by atoms with Gasteiger partial charge in [-0.3, -0.25) is 0 Å². The molecule has 0 spiro atoms. The second-order valence-electron chi connectivity index (χ2n) is 3.99. The molecular formula is C13H12BrNO4. The van der Waals surface area contributed by atoms with E-state index in [1.54, 1.807) is 0 Å². The number of rotatable bonds is 4. The summed E-state index contributed by atoms with van der Waals surface area (Å²) in [5.41, 5.74) is 1.98. The van der Waals surface area contributed by atoms with Crippen LogP contribution in [0.3, 0.4) is 0 Å². The summed E-state index contributed by atoms with van der Waals surface area (Å²) in [5.74, 6) is -1.05. The van der Waals surface area contributed by atoms with Crippen molar-refractivity contribution in [2.45, 2.75) is 13.5 Å². The smallest absolute Gasteiger partial charge is 0.373 e. The number of oxazole rings is 1. The standard InChI is InChI=1S/C13H12BrNO4/c1-7-5-8(14)3-4-9(7)12-15-10(6-18-2)11(19-12)13(16)17/h3-5H,6H2,1-2H3,(H,16,17). The summed E-state index contributed by atoms with van der Waals surface area (Å²) in [6.07, 6.45) is 0. The normalized spacial score (nSPS) is 10.7. The molecule has 0 saturated carbocycles. The van der Waals surface area contributed by atoms with Crippen LogP contribution in [0.2, 0.25) is 0 Å². The summed E-state index contributed by atoms with van der Waals surface area (Å²) in [6, 6.07) is 5.59. The van der Waals surface area contributed by atoms with Crippen molar-refractivity contribution in [3.05, 3.63) is 39.7 Å². The van der Waals surface area contributed by atoms with E-state index in [0.717, 1.165) is 15.6 Å². The molecule has 0 aliphatic heterocycles. The van der Waals surface area contributed by atoms with Crippen molar-refractivity contribution in [2.24, 2.45) is 0 Å². The maximum Gasteiger partial charge on any atom is 0.373 e. The third kappa shape index (κ3) is 2.85. The first-order valence-electron chi connectivity index (χ1n) is 5.51. The van der Waals surface area contributed by atoms with Crippen molar-refractivity contribution in [1.82, 2.24) is 4.98 Å². The summed E-state index contributed by atoms with van der Waals surface area (Å²) in [6.45, 7) is 2.00. The molecule has 6 heteroatoms. The highest BCUT2D eigenvalue weighted by Crippen LogP contribution is 2.27. The first-order chi connectivity index (χ1) is 9.02. The SMILES string of the molecule is COCc1nc(-c2ccc(Br)cc2C)oc1C(=O)O. The van der Waals surface area contributed by atoms with Gasteiger partial charge >= 0.3 is 5.97 Å². The van der Waals surface area contributed by atoms with E-state index in [2.05, 4.69) is 20.9 Å². The largest absolute Gasteiger partial charge is 0.475 e. The fraction of sp³-hybridized carbons (Fsp3) is 0.231. The van der Waals surface area contributed by atoms with Crippen molar-refractivity contribution in [2.75, 3.05) is 7.11 Å². The van der Waals surface area contributed by atoms with Crippen LogP contribution in [0.15, 0.2) is 27.1 Å². The molecule has 0 aliphatic rings. The molecule has 0 atom stereocenters. The molecule has 100 valence electrons. The number of aryl methyl sites for hydroxylation is 1. The van der Waals surface area contributed by atoms with Gasteiger partial charge in [-0.25, -0.2) is 9.78 Å². The molecule has 1 aromatic heterocycles. The van der Waals surface area contributed by atoms with Gasteiger partial charge in [0, 0.05) is 17.1 Å². The van der Waals surface area contributed by atoms with E-state index in [1.807, 2.05) is 25.1 Å². The zero-order chi connectivity index (χ0) is 14.0. The Morgan fingerprint density at radius 2 is 2.26 bits per heavy atom. The molecule has 0 radical (unpaired) electrons. The van der Waals surface area contributed by atoms with Gasteiger partial charge in [0.15, 0.2) is 0 Å². The van der Waals surface area contributed by atoms with Gasteiger partial charge in [0.05, 0.1) is 6.61 Å². The average Bonchev–Trinajstić information content (AvgIpc) is 2.73. The summed E-state index contributed by atoms with van der Waals surface area (Å²) in [5, 5.41) is 9.07. The molecule has 0 unspecified atom stereocenters. The van der Waals surface area contributed by atoms with Crippen LogP contribution in [0.4, 0.5) is 0 Å². The van der Waals surface area contributed by atoms with E-state index in [0.29, 0.717) is 0 Å². The molecule has 1 aromatic carbocycles. The Labute approximate surface area is 118 Å². The number of hydrogen-bond acceptors (Lipinski definition) is 4. The highest BCUT2D eigenvalue weighted by molar-refractivity contribution is 9.10. The third-order valence-corrected chi connectivity index (χ3v) is 3.08. The van der Waals surface area contributed by atoms with Crippen molar-refractivity contribution in [3.63, 3.8) is 0 Å². The third-order valence-electron chi connectivity index (χ3n) is 2.59. The molecule has 0 fully saturated rings. The van der Waals surface area contributed by atoms with Gasteiger partial charge in [-0.15, -0.1) is 0 Å². The molecule has 19 heavy (non-hydrogen) atoms. The van der Waals surface area contributed by atoms with Crippen molar-refractivity contribution >= 4 is 21.9 Å². The van der Waals surface area contributed by atoms with E-state index >= 15 is 0 Å². The minimum Gasteiger partial charge on any atom is -0.475 e. The quantitative estimate of drug-likeness (QED) is 0.934. The number of carbonyl (C=O) groups is 1. The van der Waals surface area contributed by atoms with Crippen LogP contribution < -0.4 is 0 Å². The maximum absolute atomic E-state index is 11.1. The van der Waals surface area contributed by atoms with Crippen LogP contribution >= 0.6 is 15.9 Å². The number of benzene rings is 1. The van der Waals surface area contributed by atoms with Crippen LogP contribution in [0, 0.1) is 6.92 Å². The Balaban J connectivity index is 2.50. The lowest BCUT2D eigenvalue weighted by Gasteiger charge is -2.01. The second-order valence-corrected chi connectivity index (χ2v) is 4.91. The number of nitrogens with zero attached hydrogens (tertiary/aromatic N) is 1. The lowest BCUT2D eigenvalue weighted by Crippen LogP contribution is -2.00. The van der Waals surface area contributed by atoms with E-state index in [1.165, 1.54) is 7.11 Å². The summed E-state index contributed by atoms with van der Waals surface area (Å²) >= 11 is 3.37. The lowest BCUT2D eigenvalue weighted by atomic mass is 10.1.